The van der Waals surface area contributed by atoms with Crippen LogP contribution in [0.3, 0.4) is 0 Å². The van der Waals surface area contributed by atoms with E-state index in [1.807, 2.05) is 24.4 Å². The molecular weight excluding hydrogens is 174 g/mol. The molecule has 0 atom stereocenters. The van der Waals surface area contributed by atoms with Gasteiger partial charge in [0.05, 0.1) is 6.20 Å². The molecule has 0 bridgehead atoms. The molecule has 14 heavy (non-hydrogen) atoms. The van der Waals surface area contributed by atoms with Crippen molar-refractivity contribution in [1.82, 2.24) is 4.98 Å². The number of hydrogen-bond donors (Lipinski definition) is 0. The molecule has 0 aliphatic rings. The topological polar surface area (TPSA) is 26.0 Å². The van der Waals surface area contributed by atoms with Gasteiger partial charge >= 0.3 is 0 Å². The van der Waals surface area contributed by atoms with Crippen molar-refractivity contribution in [2.75, 3.05) is 0 Å². The van der Waals surface area contributed by atoms with Gasteiger partial charge in [-0.25, -0.2) is 0 Å². The van der Waals surface area contributed by atoms with Gasteiger partial charge in [0.15, 0.2) is 5.58 Å². The number of furan rings is 1. The third-order valence-electron chi connectivity index (χ3n) is 2.48. The normalized spacial score (nSPS) is 11.2. The summed E-state index contributed by atoms with van der Waals surface area (Å²) in [6, 6.07) is 8.06. The number of pyridine rings is 1. The average molecular weight is 183 g/mol. The Labute approximate surface area is 81.2 Å². The Kier molecular flexibility index (Phi) is 1.39. The van der Waals surface area contributed by atoms with Gasteiger partial charge in [0, 0.05) is 17.0 Å². The molecule has 2 nitrogen and oxygen atoms in total. The minimum absolute atomic E-state index is 0.867. The number of aromatic nitrogens is 1. The molecule has 0 unspecified atom stereocenters. The molecule has 0 saturated heterocycles. The smallest absolute Gasteiger partial charge is 0.153 e. The maximum atomic E-state index is 5.67. The number of rotatable bonds is 0. The highest BCUT2D eigenvalue weighted by molar-refractivity contribution is 6.06. The van der Waals surface area contributed by atoms with E-state index in [4.69, 9.17) is 4.42 Å². The van der Waals surface area contributed by atoms with Crippen molar-refractivity contribution in [3.05, 3.63) is 42.2 Å². The molecule has 0 saturated carbocycles. The van der Waals surface area contributed by atoms with Crippen LogP contribution in [-0.2, 0) is 0 Å². The SMILES string of the molecule is Cc1cncc2oc3ccccc3c12. The third-order valence-corrected chi connectivity index (χ3v) is 2.48. The zero-order valence-electron chi connectivity index (χ0n) is 7.82. The van der Waals surface area contributed by atoms with Gasteiger partial charge in [-0.05, 0) is 18.6 Å². The van der Waals surface area contributed by atoms with Crippen molar-refractivity contribution < 1.29 is 4.42 Å². The fraction of sp³-hybridized carbons (Fsp3) is 0.0833. The van der Waals surface area contributed by atoms with Gasteiger partial charge in [0.25, 0.3) is 0 Å². The number of benzene rings is 1. The summed E-state index contributed by atoms with van der Waals surface area (Å²) in [4.78, 5) is 4.11. The summed E-state index contributed by atoms with van der Waals surface area (Å²) in [7, 11) is 0. The lowest BCUT2D eigenvalue weighted by Gasteiger charge is -1.92. The van der Waals surface area contributed by atoms with E-state index in [-0.39, 0.29) is 0 Å². The van der Waals surface area contributed by atoms with Crippen LogP contribution in [-0.4, -0.2) is 4.98 Å². The van der Waals surface area contributed by atoms with E-state index < -0.39 is 0 Å². The number of hydrogen-bond acceptors (Lipinski definition) is 2. The molecule has 3 aromatic rings. The standard InChI is InChI=1S/C12H9NO/c1-8-6-13-7-11-12(8)9-4-2-3-5-10(9)14-11/h2-7H,1H3. The summed E-state index contributed by atoms with van der Waals surface area (Å²) in [5.41, 5.74) is 2.96. The van der Waals surface area contributed by atoms with Crippen LogP contribution in [0.1, 0.15) is 5.56 Å². The summed E-state index contributed by atoms with van der Waals surface area (Å²) in [6.07, 6.45) is 3.63. The lowest BCUT2D eigenvalue weighted by Crippen LogP contribution is -1.76. The Balaban J connectivity index is 2.65. The summed E-state index contributed by atoms with van der Waals surface area (Å²) >= 11 is 0. The second-order valence-electron chi connectivity index (χ2n) is 3.43. The molecule has 0 aliphatic heterocycles. The molecule has 0 amide bonds. The van der Waals surface area contributed by atoms with E-state index in [2.05, 4.69) is 18.0 Å². The van der Waals surface area contributed by atoms with E-state index in [0.717, 1.165) is 16.7 Å². The first-order chi connectivity index (χ1) is 6.86. The average Bonchev–Trinajstić information content (AvgIpc) is 2.57. The molecule has 1 aromatic carbocycles. The second kappa shape index (κ2) is 2.58. The van der Waals surface area contributed by atoms with Crippen LogP contribution < -0.4 is 0 Å². The monoisotopic (exact) mass is 183 g/mol. The van der Waals surface area contributed by atoms with Crippen LogP contribution in [0.2, 0.25) is 0 Å². The van der Waals surface area contributed by atoms with Crippen molar-refractivity contribution in [3.63, 3.8) is 0 Å². The maximum absolute atomic E-state index is 5.67. The first kappa shape index (κ1) is 7.56. The third kappa shape index (κ3) is 0.880. The van der Waals surface area contributed by atoms with Gasteiger partial charge in [0.1, 0.15) is 5.58 Å². The summed E-state index contributed by atoms with van der Waals surface area (Å²) in [5, 5.41) is 2.35. The molecule has 0 N–H and O–H groups in total. The van der Waals surface area contributed by atoms with E-state index >= 15 is 0 Å². The Hall–Kier alpha value is -1.83. The Bertz CT molecular complexity index is 610. The van der Waals surface area contributed by atoms with Crippen LogP contribution in [0.4, 0.5) is 0 Å². The predicted molar refractivity (Wildman–Crippen MR) is 56.3 cm³/mol. The van der Waals surface area contributed by atoms with Crippen molar-refractivity contribution in [2.45, 2.75) is 6.92 Å². The van der Waals surface area contributed by atoms with E-state index in [9.17, 15) is 0 Å². The summed E-state index contributed by atoms with van der Waals surface area (Å²) < 4.78 is 5.67. The molecule has 0 fully saturated rings. The van der Waals surface area contributed by atoms with Crippen molar-refractivity contribution in [2.24, 2.45) is 0 Å². The fourth-order valence-corrected chi connectivity index (χ4v) is 1.84. The Morgan fingerprint density at radius 2 is 1.93 bits per heavy atom. The first-order valence-electron chi connectivity index (χ1n) is 4.58. The van der Waals surface area contributed by atoms with Crippen LogP contribution in [0.5, 0.6) is 0 Å². The van der Waals surface area contributed by atoms with Crippen molar-refractivity contribution in [1.29, 1.82) is 0 Å². The largest absolute Gasteiger partial charge is 0.454 e. The lowest BCUT2D eigenvalue weighted by molar-refractivity contribution is 0.666. The van der Waals surface area contributed by atoms with Gasteiger partial charge in [-0.2, -0.15) is 0 Å². The molecule has 2 aromatic heterocycles. The van der Waals surface area contributed by atoms with Crippen LogP contribution in [0.25, 0.3) is 21.9 Å². The molecule has 68 valence electrons. The lowest BCUT2D eigenvalue weighted by atomic mass is 10.1. The Morgan fingerprint density at radius 3 is 2.86 bits per heavy atom. The van der Waals surface area contributed by atoms with Crippen molar-refractivity contribution in [3.8, 4) is 0 Å². The molecule has 0 radical (unpaired) electrons. The van der Waals surface area contributed by atoms with E-state index in [1.165, 1.54) is 10.8 Å². The predicted octanol–water partition coefficient (Wildman–Crippen LogP) is 3.29. The number of nitrogens with zero attached hydrogens (tertiary/aromatic N) is 1. The fourth-order valence-electron chi connectivity index (χ4n) is 1.84. The molecule has 0 aliphatic carbocycles. The quantitative estimate of drug-likeness (QED) is 0.534. The Morgan fingerprint density at radius 1 is 1.07 bits per heavy atom. The number of aryl methyl sites for hydroxylation is 1. The highest BCUT2D eigenvalue weighted by Gasteiger charge is 2.07. The molecule has 2 heteroatoms. The van der Waals surface area contributed by atoms with Crippen molar-refractivity contribution >= 4 is 21.9 Å². The van der Waals surface area contributed by atoms with Gasteiger partial charge in [0.2, 0.25) is 0 Å². The van der Waals surface area contributed by atoms with Crippen LogP contribution in [0.15, 0.2) is 41.1 Å². The van der Waals surface area contributed by atoms with E-state index in [0.29, 0.717) is 0 Å². The number of para-hydroxylation sites is 1. The molecule has 2 heterocycles. The van der Waals surface area contributed by atoms with Crippen LogP contribution >= 0.6 is 0 Å². The molecular formula is C12H9NO. The van der Waals surface area contributed by atoms with Crippen LogP contribution in [0, 0.1) is 6.92 Å². The minimum Gasteiger partial charge on any atom is -0.454 e. The zero-order chi connectivity index (χ0) is 9.54. The minimum atomic E-state index is 0.867. The number of fused-ring (bicyclic) bond motifs is 3. The van der Waals surface area contributed by atoms with E-state index in [1.54, 1.807) is 6.20 Å². The maximum Gasteiger partial charge on any atom is 0.153 e. The van der Waals surface area contributed by atoms with Gasteiger partial charge in [-0.15, -0.1) is 0 Å². The highest BCUT2D eigenvalue weighted by Crippen LogP contribution is 2.29. The van der Waals surface area contributed by atoms with Gasteiger partial charge in [-0.3, -0.25) is 4.98 Å². The summed E-state index contributed by atoms with van der Waals surface area (Å²) in [5.74, 6) is 0. The highest BCUT2D eigenvalue weighted by atomic mass is 16.3. The second-order valence-corrected chi connectivity index (χ2v) is 3.43. The summed E-state index contributed by atoms with van der Waals surface area (Å²) in [6.45, 7) is 2.05. The molecule has 3 rings (SSSR count). The van der Waals surface area contributed by atoms with Gasteiger partial charge < -0.3 is 4.42 Å². The van der Waals surface area contributed by atoms with Gasteiger partial charge in [-0.1, -0.05) is 18.2 Å². The first-order valence-corrected chi connectivity index (χ1v) is 4.58. The molecule has 0 spiro atoms. The zero-order valence-corrected chi connectivity index (χ0v) is 7.82.